The summed E-state index contributed by atoms with van der Waals surface area (Å²) in [5.74, 6) is 0.0270. The standard InChI is InChI=1S/C18H25FN2O2/c1-13(2)18(23)20-11-15-6-4-8-21(12-15)17(22)10-14-5-3-7-16(19)9-14/h3,5,7,9,13,15H,4,6,8,10-12H2,1-2H3,(H,20,23). The van der Waals surface area contributed by atoms with Gasteiger partial charge in [0, 0.05) is 25.6 Å². The van der Waals surface area contributed by atoms with Gasteiger partial charge in [-0.2, -0.15) is 0 Å². The molecule has 0 bridgehead atoms. The number of piperidine rings is 1. The van der Waals surface area contributed by atoms with Crippen molar-refractivity contribution in [2.45, 2.75) is 33.1 Å². The first-order valence-electron chi connectivity index (χ1n) is 8.25. The molecular weight excluding hydrogens is 295 g/mol. The fourth-order valence-corrected chi connectivity index (χ4v) is 2.84. The second kappa shape index (κ2) is 8.09. The van der Waals surface area contributed by atoms with E-state index >= 15 is 0 Å². The number of nitrogens with one attached hydrogen (secondary N) is 1. The Labute approximate surface area is 137 Å². The van der Waals surface area contributed by atoms with Crippen LogP contribution in [0.15, 0.2) is 24.3 Å². The van der Waals surface area contributed by atoms with E-state index in [1.807, 2.05) is 18.7 Å². The van der Waals surface area contributed by atoms with Crippen molar-refractivity contribution >= 4 is 11.8 Å². The fourth-order valence-electron chi connectivity index (χ4n) is 2.84. The van der Waals surface area contributed by atoms with Gasteiger partial charge in [0.2, 0.25) is 11.8 Å². The van der Waals surface area contributed by atoms with Gasteiger partial charge in [0.25, 0.3) is 0 Å². The Bertz CT molecular complexity index is 560. The molecule has 0 aromatic heterocycles. The molecule has 1 saturated heterocycles. The molecule has 0 aliphatic carbocycles. The van der Waals surface area contributed by atoms with Crippen LogP contribution in [-0.2, 0) is 16.0 Å². The van der Waals surface area contributed by atoms with Gasteiger partial charge in [-0.1, -0.05) is 26.0 Å². The van der Waals surface area contributed by atoms with Gasteiger partial charge in [-0.05, 0) is 36.5 Å². The highest BCUT2D eigenvalue weighted by atomic mass is 19.1. The first kappa shape index (κ1) is 17.4. The smallest absolute Gasteiger partial charge is 0.227 e. The number of benzene rings is 1. The fraction of sp³-hybridized carbons (Fsp3) is 0.556. The Balaban J connectivity index is 1.85. The van der Waals surface area contributed by atoms with Crippen LogP contribution in [0.4, 0.5) is 4.39 Å². The molecule has 1 aliphatic heterocycles. The molecule has 2 rings (SSSR count). The van der Waals surface area contributed by atoms with E-state index in [9.17, 15) is 14.0 Å². The third kappa shape index (κ3) is 5.34. The van der Waals surface area contributed by atoms with Crippen LogP contribution in [0.25, 0.3) is 0 Å². The van der Waals surface area contributed by atoms with Crippen LogP contribution in [0.5, 0.6) is 0 Å². The number of likely N-dealkylation sites (tertiary alicyclic amines) is 1. The van der Waals surface area contributed by atoms with Gasteiger partial charge in [-0.15, -0.1) is 0 Å². The summed E-state index contributed by atoms with van der Waals surface area (Å²) in [6.45, 7) is 5.74. The molecule has 1 aromatic carbocycles. The Morgan fingerprint density at radius 3 is 2.87 bits per heavy atom. The van der Waals surface area contributed by atoms with E-state index in [0.717, 1.165) is 19.4 Å². The Morgan fingerprint density at radius 2 is 2.17 bits per heavy atom. The van der Waals surface area contributed by atoms with Crippen molar-refractivity contribution in [2.75, 3.05) is 19.6 Å². The second-order valence-corrected chi connectivity index (χ2v) is 6.55. The molecule has 4 nitrogen and oxygen atoms in total. The minimum atomic E-state index is -0.316. The number of hydrogen-bond donors (Lipinski definition) is 1. The zero-order valence-corrected chi connectivity index (χ0v) is 13.8. The summed E-state index contributed by atoms with van der Waals surface area (Å²) in [4.78, 5) is 25.9. The minimum absolute atomic E-state index is 0.0236. The van der Waals surface area contributed by atoms with Crippen LogP contribution in [0.2, 0.25) is 0 Å². The number of nitrogens with zero attached hydrogens (tertiary/aromatic N) is 1. The number of amides is 2. The summed E-state index contributed by atoms with van der Waals surface area (Å²) in [6.07, 6.45) is 2.18. The van der Waals surface area contributed by atoms with Crippen LogP contribution in [-0.4, -0.2) is 36.3 Å². The van der Waals surface area contributed by atoms with Gasteiger partial charge in [0.1, 0.15) is 5.82 Å². The Hall–Kier alpha value is -1.91. The molecule has 1 fully saturated rings. The summed E-state index contributed by atoms with van der Waals surface area (Å²) < 4.78 is 13.2. The van der Waals surface area contributed by atoms with E-state index in [0.29, 0.717) is 24.6 Å². The normalized spacial score (nSPS) is 18.1. The average molecular weight is 320 g/mol. The monoisotopic (exact) mass is 320 g/mol. The predicted molar refractivity (Wildman–Crippen MR) is 87.3 cm³/mol. The third-order valence-electron chi connectivity index (χ3n) is 4.21. The molecule has 1 unspecified atom stereocenters. The molecule has 23 heavy (non-hydrogen) atoms. The molecule has 1 atom stereocenters. The topological polar surface area (TPSA) is 49.4 Å². The SMILES string of the molecule is CC(C)C(=O)NCC1CCCN(C(=O)Cc2cccc(F)c2)C1. The zero-order chi connectivity index (χ0) is 16.8. The first-order chi connectivity index (χ1) is 11.0. The molecular formula is C18H25FN2O2. The van der Waals surface area contributed by atoms with Gasteiger partial charge in [-0.3, -0.25) is 9.59 Å². The van der Waals surface area contributed by atoms with Gasteiger partial charge in [0.15, 0.2) is 0 Å². The summed E-state index contributed by atoms with van der Waals surface area (Å²) in [7, 11) is 0. The lowest BCUT2D eigenvalue weighted by atomic mass is 9.97. The first-order valence-corrected chi connectivity index (χ1v) is 8.25. The lowest BCUT2D eigenvalue weighted by Crippen LogP contribution is -2.44. The largest absolute Gasteiger partial charge is 0.356 e. The summed E-state index contributed by atoms with van der Waals surface area (Å²) in [5.41, 5.74) is 0.699. The number of rotatable bonds is 5. The Kier molecular flexibility index (Phi) is 6.13. The van der Waals surface area contributed by atoms with Crippen molar-refractivity contribution in [2.24, 2.45) is 11.8 Å². The molecule has 5 heteroatoms. The molecule has 1 heterocycles. The average Bonchev–Trinajstić information content (AvgIpc) is 2.52. The molecule has 0 radical (unpaired) electrons. The van der Waals surface area contributed by atoms with E-state index in [2.05, 4.69) is 5.32 Å². The van der Waals surface area contributed by atoms with Crippen molar-refractivity contribution < 1.29 is 14.0 Å². The number of halogens is 1. The summed E-state index contributed by atoms with van der Waals surface area (Å²) >= 11 is 0. The van der Waals surface area contributed by atoms with E-state index in [-0.39, 0.29) is 30.0 Å². The molecule has 1 aliphatic rings. The maximum atomic E-state index is 13.2. The van der Waals surface area contributed by atoms with Crippen LogP contribution in [0.3, 0.4) is 0 Å². The van der Waals surface area contributed by atoms with E-state index < -0.39 is 0 Å². The molecule has 0 spiro atoms. The minimum Gasteiger partial charge on any atom is -0.356 e. The van der Waals surface area contributed by atoms with Crippen molar-refractivity contribution in [1.82, 2.24) is 10.2 Å². The Morgan fingerprint density at radius 1 is 1.39 bits per heavy atom. The molecule has 2 amide bonds. The highest BCUT2D eigenvalue weighted by Gasteiger charge is 2.24. The third-order valence-corrected chi connectivity index (χ3v) is 4.21. The summed E-state index contributed by atoms with van der Waals surface area (Å²) in [6, 6.07) is 6.17. The van der Waals surface area contributed by atoms with Crippen LogP contribution >= 0.6 is 0 Å². The van der Waals surface area contributed by atoms with Crippen LogP contribution in [0, 0.1) is 17.7 Å². The molecule has 1 N–H and O–H groups in total. The maximum Gasteiger partial charge on any atom is 0.227 e. The van der Waals surface area contributed by atoms with E-state index in [1.54, 1.807) is 12.1 Å². The van der Waals surface area contributed by atoms with Crippen LogP contribution < -0.4 is 5.32 Å². The number of hydrogen-bond acceptors (Lipinski definition) is 2. The highest BCUT2D eigenvalue weighted by molar-refractivity contribution is 5.79. The van der Waals surface area contributed by atoms with Crippen molar-refractivity contribution in [3.05, 3.63) is 35.6 Å². The maximum absolute atomic E-state index is 13.2. The van der Waals surface area contributed by atoms with Crippen LogP contribution in [0.1, 0.15) is 32.3 Å². The number of carbonyl (C=O) groups excluding carboxylic acids is 2. The lowest BCUT2D eigenvalue weighted by molar-refractivity contribution is -0.132. The number of carbonyl (C=O) groups is 2. The van der Waals surface area contributed by atoms with Gasteiger partial charge < -0.3 is 10.2 Å². The molecule has 126 valence electrons. The highest BCUT2D eigenvalue weighted by Crippen LogP contribution is 2.17. The molecule has 0 saturated carbocycles. The summed E-state index contributed by atoms with van der Waals surface area (Å²) in [5, 5.41) is 2.94. The van der Waals surface area contributed by atoms with Gasteiger partial charge in [0.05, 0.1) is 6.42 Å². The van der Waals surface area contributed by atoms with E-state index in [1.165, 1.54) is 12.1 Å². The predicted octanol–water partition coefficient (Wildman–Crippen LogP) is 2.38. The zero-order valence-electron chi connectivity index (χ0n) is 13.8. The van der Waals surface area contributed by atoms with Crippen molar-refractivity contribution in [1.29, 1.82) is 0 Å². The van der Waals surface area contributed by atoms with Gasteiger partial charge in [-0.25, -0.2) is 4.39 Å². The molecule has 1 aromatic rings. The second-order valence-electron chi connectivity index (χ2n) is 6.55. The quantitative estimate of drug-likeness (QED) is 0.905. The van der Waals surface area contributed by atoms with Gasteiger partial charge >= 0.3 is 0 Å². The lowest BCUT2D eigenvalue weighted by Gasteiger charge is -2.33. The van der Waals surface area contributed by atoms with Crippen molar-refractivity contribution in [3.8, 4) is 0 Å². The van der Waals surface area contributed by atoms with Crippen molar-refractivity contribution in [3.63, 3.8) is 0 Å². The van der Waals surface area contributed by atoms with E-state index in [4.69, 9.17) is 0 Å².